The molecule has 1 saturated carbocycles. The van der Waals surface area contributed by atoms with Crippen LogP contribution in [0.4, 0.5) is 0 Å². The van der Waals surface area contributed by atoms with Crippen LogP contribution >= 0.6 is 0 Å². The molecule has 5 atom stereocenters. The average molecular weight is 563 g/mol. The number of nitriles is 1. The molecule has 3 aliphatic rings. The Kier molecular flexibility index (Phi) is 6.90. The maximum Gasteiger partial charge on any atom is 0.248 e. The zero-order valence-corrected chi connectivity index (χ0v) is 24.3. The van der Waals surface area contributed by atoms with E-state index < -0.39 is 11.3 Å². The van der Waals surface area contributed by atoms with Crippen LogP contribution in [0, 0.1) is 24.2 Å². The van der Waals surface area contributed by atoms with Crippen LogP contribution in [0.1, 0.15) is 76.0 Å². The van der Waals surface area contributed by atoms with Crippen LogP contribution in [-0.2, 0) is 18.3 Å². The van der Waals surface area contributed by atoms with Gasteiger partial charge in [-0.05, 0) is 97.9 Å². The summed E-state index contributed by atoms with van der Waals surface area (Å²) in [4.78, 5) is 19.3. The van der Waals surface area contributed by atoms with Gasteiger partial charge in [0.15, 0.2) is 5.82 Å². The van der Waals surface area contributed by atoms with E-state index in [2.05, 4.69) is 53.6 Å². The molecule has 1 amide bonds. The van der Waals surface area contributed by atoms with Gasteiger partial charge < -0.3 is 21.7 Å². The molecule has 0 spiro atoms. The summed E-state index contributed by atoms with van der Waals surface area (Å²) in [5, 5.41) is 21.2. The van der Waals surface area contributed by atoms with Crippen molar-refractivity contribution in [3.05, 3.63) is 100 Å². The van der Waals surface area contributed by atoms with Crippen molar-refractivity contribution < 1.29 is 4.79 Å². The highest BCUT2D eigenvalue weighted by Gasteiger charge is 2.52. The van der Waals surface area contributed by atoms with Gasteiger partial charge in [0, 0.05) is 35.6 Å². The van der Waals surface area contributed by atoms with Crippen molar-refractivity contribution >= 4 is 11.6 Å². The number of aromatic amines is 1. The summed E-state index contributed by atoms with van der Waals surface area (Å²) >= 11 is 0. The van der Waals surface area contributed by atoms with Crippen LogP contribution in [0.15, 0.2) is 55.3 Å². The van der Waals surface area contributed by atoms with Crippen molar-refractivity contribution in [1.29, 1.82) is 5.26 Å². The number of H-pyrrole nitrogens is 1. The van der Waals surface area contributed by atoms with E-state index in [9.17, 15) is 10.1 Å². The molecule has 3 aromatic rings. The van der Waals surface area contributed by atoms with E-state index in [1.807, 2.05) is 25.1 Å². The number of nitrogens with zero attached hydrogens (tertiary/aromatic N) is 4. The second-order valence-electron chi connectivity index (χ2n) is 12.2. The Labute approximate surface area is 246 Å². The van der Waals surface area contributed by atoms with Gasteiger partial charge in [-0.1, -0.05) is 31.4 Å². The van der Waals surface area contributed by atoms with Crippen LogP contribution in [0.5, 0.6) is 0 Å². The summed E-state index contributed by atoms with van der Waals surface area (Å²) in [5.74, 6) is 1.57. The third-order valence-corrected chi connectivity index (χ3v) is 9.31. The SMILES string of the molecule is C=C(N)c1ccc2c(c1)CCc1cc(C(N)=O)ccc1C2(C[C@@H](C)NCC(=C)N1C(C#N)C[C@H]2CC21)c1n[nH]c(C)n1. The molecule has 9 heteroatoms. The van der Waals surface area contributed by atoms with Gasteiger partial charge in [0.05, 0.1) is 11.5 Å². The molecule has 6 rings (SSSR count). The highest BCUT2D eigenvalue weighted by atomic mass is 16.1. The average Bonchev–Trinajstić information content (AvgIpc) is 3.46. The Morgan fingerprint density at radius 2 is 1.83 bits per heavy atom. The predicted molar refractivity (Wildman–Crippen MR) is 162 cm³/mol. The number of benzene rings is 2. The Morgan fingerprint density at radius 3 is 2.43 bits per heavy atom. The van der Waals surface area contributed by atoms with Crippen LogP contribution < -0.4 is 16.8 Å². The summed E-state index contributed by atoms with van der Waals surface area (Å²) in [6.07, 6.45) is 4.20. The fourth-order valence-electron chi connectivity index (χ4n) is 7.23. The van der Waals surface area contributed by atoms with Crippen molar-refractivity contribution in [2.45, 2.75) is 69.5 Å². The van der Waals surface area contributed by atoms with E-state index in [0.717, 1.165) is 65.0 Å². The fraction of sp³-hybridized carbons (Fsp3) is 0.394. The van der Waals surface area contributed by atoms with E-state index in [1.165, 1.54) is 0 Å². The first-order chi connectivity index (χ1) is 20.1. The van der Waals surface area contributed by atoms with Crippen molar-refractivity contribution in [3.8, 4) is 6.07 Å². The first kappa shape index (κ1) is 27.7. The summed E-state index contributed by atoms with van der Waals surface area (Å²) in [7, 11) is 0. The van der Waals surface area contributed by atoms with E-state index in [-0.39, 0.29) is 12.1 Å². The highest BCUT2D eigenvalue weighted by Crippen LogP contribution is 2.49. The van der Waals surface area contributed by atoms with Gasteiger partial charge in [-0.15, -0.1) is 0 Å². The number of rotatable bonds is 9. The smallest absolute Gasteiger partial charge is 0.248 e. The number of primary amides is 1. The Morgan fingerprint density at radius 1 is 1.17 bits per heavy atom. The lowest BCUT2D eigenvalue weighted by Crippen LogP contribution is -2.42. The molecule has 2 aromatic carbocycles. The number of likely N-dealkylation sites (tertiary alicyclic amines) is 1. The summed E-state index contributed by atoms with van der Waals surface area (Å²) in [5.41, 5.74) is 18.3. The number of carbonyl (C=O) groups is 1. The molecule has 9 nitrogen and oxygen atoms in total. The number of fused-ring (bicyclic) bond motifs is 3. The second-order valence-corrected chi connectivity index (χ2v) is 12.2. The lowest BCUT2D eigenvalue weighted by atomic mass is 9.67. The van der Waals surface area contributed by atoms with Crippen LogP contribution in [0.2, 0.25) is 0 Å². The molecule has 0 radical (unpaired) electrons. The Balaban J connectivity index is 1.42. The van der Waals surface area contributed by atoms with Crippen molar-refractivity contribution in [2.75, 3.05) is 6.54 Å². The Hall–Kier alpha value is -4.42. The lowest BCUT2D eigenvalue weighted by molar-refractivity contribution is 0.1000. The minimum Gasteiger partial charge on any atom is -0.399 e. The molecule has 1 aliphatic heterocycles. The molecule has 3 unspecified atom stereocenters. The largest absolute Gasteiger partial charge is 0.399 e. The zero-order chi connectivity index (χ0) is 29.8. The van der Waals surface area contributed by atoms with Gasteiger partial charge >= 0.3 is 0 Å². The zero-order valence-electron chi connectivity index (χ0n) is 24.3. The molecule has 2 fully saturated rings. The number of amides is 1. The molecule has 1 saturated heterocycles. The van der Waals surface area contributed by atoms with E-state index in [0.29, 0.717) is 42.0 Å². The summed E-state index contributed by atoms with van der Waals surface area (Å²) in [6.45, 7) is 13.0. The number of aryl methyl sites for hydroxylation is 3. The van der Waals surface area contributed by atoms with Crippen molar-refractivity contribution in [1.82, 2.24) is 25.4 Å². The fourth-order valence-corrected chi connectivity index (χ4v) is 7.23. The van der Waals surface area contributed by atoms with Crippen LogP contribution in [-0.4, -0.2) is 50.7 Å². The Bertz CT molecular complexity index is 1570. The molecule has 2 heterocycles. The third-order valence-electron chi connectivity index (χ3n) is 9.31. The summed E-state index contributed by atoms with van der Waals surface area (Å²) < 4.78 is 0. The molecule has 216 valence electrons. The number of nitrogens with one attached hydrogen (secondary N) is 2. The number of nitrogens with two attached hydrogens (primary N) is 2. The first-order valence-electron chi connectivity index (χ1n) is 14.6. The first-order valence-corrected chi connectivity index (χ1v) is 14.6. The van der Waals surface area contributed by atoms with Crippen molar-refractivity contribution in [2.24, 2.45) is 17.4 Å². The molecular formula is C33H38N8O. The minimum absolute atomic E-state index is 0.0115. The van der Waals surface area contributed by atoms with Gasteiger partial charge in [0.25, 0.3) is 0 Å². The highest BCUT2D eigenvalue weighted by molar-refractivity contribution is 5.93. The molecule has 2 aliphatic carbocycles. The molecule has 42 heavy (non-hydrogen) atoms. The normalized spacial score (nSPS) is 24.5. The molecule has 0 bridgehead atoms. The van der Waals surface area contributed by atoms with E-state index in [4.69, 9.17) is 21.5 Å². The van der Waals surface area contributed by atoms with E-state index in [1.54, 1.807) is 6.07 Å². The molecule has 1 aromatic heterocycles. The third kappa shape index (κ3) is 4.66. The van der Waals surface area contributed by atoms with Crippen LogP contribution in [0.25, 0.3) is 5.70 Å². The standard InChI is InChI=1S/C33H38N8O/c1-18(37-17-19(2)41-27(16-34)13-26-14-30(26)41)15-33(32-38-21(4)39-40-32)28-9-7-22(20(3)35)11-23(28)5-6-24-12-25(31(36)42)8-10-29(24)33/h7-12,18,26-27,30,37H,2-3,5-6,13-15,17,35H2,1,4H3,(H2,36,42)(H,38,39,40)/t18-,26+,27?,30?,33?/m1/s1. The molecule has 6 N–H and O–H groups in total. The summed E-state index contributed by atoms with van der Waals surface area (Å²) in [6, 6.07) is 14.8. The minimum atomic E-state index is -0.727. The lowest BCUT2D eigenvalue weighted by Gasteiger charge is -2.37. The monoisotopic (exact) mass is 562 g/mol. The maximum absolute atomic E-state index is 12.2. The second kappa shape index (κ2) is 10.4. The van der Waals surface area contributed by atoms with Crippen molar-refractivity contribution in [3.63, 3.8) is 0 Å². The molecular weight excluding hydrogens is 524 g/mol. The van der Waals surface area contributed by atoms with Gasteiger partial charge in [0.1, 0.15) is 11.9 Å². The quantitative estimate of drug-likeness (QED) is 0.312. The number of aromatic nitrogens is 3. The van der Waals surface area contributed by atoms with Gasteiger partial charge in [-0.3, -0.25) is 9.89 Å². The number of hydrogen-bond acceptors (Lipinski definition) is 7. The van der Waals surface area contributed by atoms with Gasteiger partial charge in [-0.2, -0.15) is 10.4 Å². The predicted octanol–water partition coefficient (Wildman–Crippen LogP) is 3.44. The van der Waals surface area contributed by atoms with E-state index >= 15 is 0 Å². The van der Waals surface area contributed by atoms with Gasteiger partial charge in [-0.25, -0.2) is 4.98 Å². The van der Waals surface area contributed by atoms with Crippen LogP contribution in [0.3, 0.4) is 0 Å². The topological polar surface area (TPSA) is 150 Å². The van der Waals surface area contributed by atoms with Gasteiger partial charge in [0.2, 0.25) is 5.91 Å². The maximum atomic E-state index is 12.2. The number of piperidine rings is 1. The number of hydrogen-bond donors (Lipinski definition) is 4. The number of carbonyl (C=O) groups excluding carboxylic acids is 1.